The molecule has 0 aliphatic heterocycles. The largest absolute Gasteiger partial charge is 0.455 e. The molecule has 2 amide bonds. The van der Waals surface area contributed by atoms with Gasteiger partial charge in [-0.05, 0) is 42.3 Å². The predicted molar refractivity (Wildman–Crippen MR) is 129 cm³/mol. The fourth-order valence-corrected chi connectivity index (χ4v) is 3.45. The van der Waals surface area contributed by atoms with Crippen LogP contribution in [0.15, 0.2) is 64.1 Å². The topological polar surface area (TPSA) is 127 Å². The first-order valence-electron chi connectivity index (χ1n) is 10.1. The van der Waals surface area contributed by atoms with Crippen molar-refractivity contribution in [2.45, 2.75) is 19.9 Å². The predicted octanol–water partition coefficient (Wildman–Crippen LogP) is 5.07. The molecule has 0 aliphatic carbocycles. The number of rotatable bonds is 8. The molecule has 0 saturated carbocycles. The summed E-state index contributed by atoms with van der Waals surface area (Å²) in [6.45, 7) is 3.55. The first-order chi connectivity index (χ1) is 16.2. The van der Waals surface area contributed by atoms with E-state index in [9.17, 15) is 19.7 Å². The molecule has 176 valence electrons. The molecule has 1 heterocycles. The van der Waals surface area contributed by atoms with E-state index in [0.717, 1.165) is 0 Å². The zero-order chi connectivity index (χ0) is 24.8. The smallest absolute Gasteiger partial charge is 0.281 e. The fraction of sp³-hybridized carbons (Fsp3) is 0.174. The van der Waals surface area contributed by atoms with Crippen LogP contribution in [-0.4, -0.2) is 29.0 Å². The number of carbonyl (C=O) groups excluding carboxylic acids is 2. The number of nitrogens with one attached hydrogen (secondary N) is 2. The lowest BCUT2D eigenvalue weighted by atomic mass is 10.0. The fourth-order valence-electron chi connectivity index (χ4n) is 3.06. The molecule has 0 saturated heterocycles. The van der Waals surface area contributed by atoms with Crippen LogP contribution in [0.4, 0.5) is 5.69 Å². The number of furan rings is 1. The van der Waals surface area contributed by atoms with Crippen molar-refractivity contribution in [1.29, 1.82) is 0 Å². The first kappa shape index (κ1) is 24.9. The highest BCUT2D eigenvalue weighted by Gasteiger charge is 2.25. The van der Waals surface area contributed by atoms with Crippen LogP contribution < -0.4 is 10.7 Å². The molecule has 9 nitrogen and oxygen atoms in total. The van der Waals surface area contributed by atoms with Crippen molar-refractivity contribution in [3.05, 3.63) is 86.1 Å². The van der Waals surface area contributed by atoms with Gasteiger partial charge in [-0.25, -0.2) is 5.43 Å². The van der Waals surface area contributed by atoms with Gasteiger partial charge >= 0.3 is 0 Å². The van der Waals surface area contributed by atoms with Crippen molar-refractivity contribution in [3.8, 4) is 11.3 Å². The van der Waals surface area contributed by atoms with Gasteiger partial charge in [0.1, 0.15) is 17.6 Å². The van der Waals surface area contributed by atoms with Crippen LogP contribution in [0.5, 0.6) is 0 Å². The van der Waals surface area contributed by atoms with Crippen molar-refractivity contribution in [2.75, 3.05) is 0 Å². The standard InChI is InChI=1S/C23H20Cl2N4O5/c1-13(2)21(27-22(30)16-5-3-4-6-18(16)25)23(31)28-26-12-15-8-10-20(34-15)17-9-7-14(24)11-19(17)29(32)33/h3-13,21H,1-2H3,(H,27,30)(H,28,31). The number of hydrazone groups is 1. The van der Waals surface area contributed by atoms with Crippen LogP contribution in [-0.2, 0) is 4.79 Å². The minimum atomic E-state index is -0.871. The summed E-state index contributed by atoms with van der Waals surface area (Å²) in [6.07, 6.45) is 1.25. The van der Waals surface area contributed by atoms with Gasteiger partial charge in [0.2, 0.25) is 0 Å². The maximum Gasteiger partial charge on any atom is 0.281 e. The lowest BCUT2D eigenvalue weighted by molar-refractivity contribution is -0.384. The summed E-state index contributed by atoms with van der Waals surface area (Å²) >= 11 is 11.9. The molecular formula is C23H20Cl2N4O5. The molecule has 0 bridgehead atoms. The highest BCUT2D eigenvalue weighted by molar-refractivity contribution is 6.33. The highest BCUT2D eigenvalue weighted by atomic mass is 35.5. The number of halogens is 2. The van der Waals surface area contributed by atoms with E-state index in [4.69, 9.17) is 27.6 Å². The maximum absolute atomic E-state index is 12.6. The summed E-state index contributed by atoms with van der Waals surface area (Å²) < 4.78 is 5.59. The van der Waals surface area contributed by atoms with Gasteiger partial charge in [-0.1, -0.05) is 49.2 Å². The number of nitro benzene ring substituents is 1. The van der Waals surface area contributed by atoms with E-state index in [2.05, 4.69) is 15.8 Å². The van der Waals surface area contributed by atoms with Gasteiger partial charge in [0.05, 0.1) is 27.3 Å². The van der Waals surface area contributed by atoms with Crippen molar-refractivity contribution >= 4 is 46.9 Å². The number of hydrogen-bond donors (Lipinski definition) is 2. The summed E-state index contributed by atoms with van der Waals surface area (Å²) in [5.41, 5.74) is 2.67. The van der Waals surface area contributed by atoms with Crippen molar-refractivity contribution in [2.24, 2.45) is 11.0 Å². The van der Waals surface area contributed by atoms with Gasteiger partial charge in [0.25, 0.3) is 17.5 Å². The molecule has 1 atom stereocenters. The van der Waals surface area contributed by atoms with Gasteiger partial charge in [-0.2, -0.15) is 5.10 Å². The van der Waals surface area contributed by atoms with Crippen LogP contribution in [0.1, 0.15) is 30.0 Å². The first-order valence-corrected chi connectivity index (χ1v) is 10.9. The number of nitro groups is 1. The minimum absolute atomic E-state index is 0.201. The van der Waals surface area contributed by atoms with E-state index in [1.54, 1.807) is 50.2 Å². The molecule has 3 rings (SSSR count). The van der Waals surface area contributed by atoms with Crippen LogP contribution in [0.2, 0.25) is 10.0 Å². The van der Waals surface area contributed by atoms with Crippen molar-refractivity contribution in [1.82, 2.24) is 10.7 Å². The molecule has 11 heteroatoms. The van der Waals surface area contributed by atoms with Crippen LogP contribution in [0, 0.1) is 16.0 Å². The Morgan fingerprint density at radius 2 is 1.85 bits per heavy atom. The molecule has 2 N–H and O–H groups in total. The lowest BCUT2D eigenvalue weighted by Gasteiger charge is -2.20. The Balaban J connectivity index is 1.68. The van der Waals surface area contributed by atoms with E-state index >= 15 is 0 Å². The molecule has 1 aromatic heterocycles. The highest BCUT2D eigenvalue weighted by Crippen LogP contribution is 2.33. The monoisotopic (exact) mass is 502 g/mol. The number of nitrogens with zero attached hydrogens (tertiary/aromatic N) is 2. The summed E-state index contributed by atoms with van der Waals surface area (Å²) in [5.74, 6) is -0.762. The SMILES string of the molecule is CC(C)C(NC(=O)c1ccccc1Cl)C(=O)NN=Cc1ccc(-c2ccc(Cl)cc2[N+](=O)[O-])o1. The summed E-state index contributed by atoms with van der Waals surface area (Å²) in [4.78, 5) is 35.9. The van der Waals surface area contributed by atoms with Crippen molar-refractivity contribution in [3.63, 3.8) is 0 Å². The number of amides is 2. The third kappa shape index (κ3) is 6.00. The maximum atomic E-state index is 12.6. The number of hydrogen-bond acceptors (Lipinski definition) is 6. The lowest BCUT2D eigenvalue weighted by Crippen LogP contribution is -2.48. The van der Waals surface area contributed by atoms with Crippen LogP contribution in [0.25, 0.3) is 11.3 Å². The molecule has 2 aromatic carbocycles. The molecule has 0 aliphatic rings. The molecule has 0 fully saturated rings. The Hall–Kier alpha value is -3.69. The van der Waals surface area contributed by atoms with E-state index < -0.39 is 22.8 Å². The third-order valence-electron chi connectivity index (χ3n) is 4.77. The van der Waals surface area contributed by atoms with Gasteiger partial charge in [0, 0.05) is 11.1 Å². The molecule has 34 heavy (non-hydrogen) atoms. The Labute approximate surface area is 204 Å². The molecular weight excluding hydrogens is 483 g/mol. The average molecular weight is 503 g/mol. The van der Waals surface area contributed by atoms with Crippen molar-refractivity contribution < 1.29 is 18.9 Å². The van der Waals surface area contributed by atoms with Crippen LogP contribution >= 0.6 is 23.2 Å². The zero-order valence-corrected chi connectivity index (χ0v) is 19.6. The number of carbonyl (C=O) groups is 2. The number of benzene rings is 2. The molecule has 1 unspecified atom stereocenters. The van der Waals surface area contributed by atoms with Crippen LogP contribution in [0.3, 0.4) is 0 Å². The Morgan fingerprint density at radius 1 is 1.12 bits per heavy atom. The summed E-state index contributed by atoms with van der Waals surface area (Å²) in [7, 11) is 0. The molecule has 3 aromatic rings. The van der Waals surface area contributed by atoms with Gasteiger partial charge in [-0.3, -0.25) is 19.7 Å². The normalized spacial score (nSPS) is 12.0. The second-order valence-corrected chi connectivity index (χ2v) is 8.37. The molecule has 0 spiro atoms. The van der Waals surface area contributed by atoms with Gasteiger partial charge in [0.15, 0.2) is 0 Å². The Bertz CT molecular complexity index is 1260. The van der Waals surface area contributed by atoms with E-state index in [-0.39, 0.29) is 44.3 Å². The third-order valence-corrected chi connectivity index (χ3v) is 5.33. The quantitative estimate of drug-likeness (QED) is 0.252. The Kier molecular flexibility index (Phi) is 8.04. The summed E-state index contributed by atoms with van der Waals surface area (Å²) in [5, 5.41) is 18.3. The zero-order valence-electron chi connectivity index (χ0n) is 18.1. The summed E-state index contributed by atoms with van der Waals surface area (Å²) in [6, 6.07) is 13.0. The second-order valence-electron chi connectivity index (χ2n) is 7.53. The Morgan fingerprint density at radius 3 is 2.53 bits per heavy atom. The van der Waals surface area contributed by atoms with Gasteiger partial charge in [-0.15, -0.1) is 0 Å². The van der Waals surface area contributed by atoms with Gasteiger partial charge < -0.3 is 9.73 Å². The average Bonchev–Trinajstić information content (AvgIpc) is 3.25. The molecule has 0 radical (unpaired) electrons. The van der Waals surface area contributed by atoms with E-state index in [0.29, 0.717) is 0 Å². The minimum Gasteiger partial charge on any atom is -0.455 e. The second kappa shape index (κ2) is 11.0. The van der Waals surface area contributed by atoms with E-state index in [1.165, 1.54) is 24.4 Å². The van der Waals surface area contributed by atoms with E-state index in [1.807, 2.05) is 0 Å².